The molecule has 0 bridgehead atoms. The van der Waals surface area contributed by atoms with Crippen LogP contribution in [0.15, 0.2) is 77.8 Å². The van der Waals surface area contributed by atoms with Crippen LogP contribution in [0.1, 0.15) is 46.9 Å². The van der Waals surface area contributed by atoms with Gasteiger partial charge < -0.3 is 10.1 Å². The lowest BCUT2D eigenvalue weighted by Gasteiger charge is -2.22. The molecule has 1 amide bonds. The first-order valence-corrected chi connectivity index (χ1v) is 13.3. The fourth-order valence-electron chi connectivity index (χ4n) is 3.80. The number of sulfonamides is 1. The highest BCUT2D eigenvalue weighted by molar-refractivity contribution is 7.89. The van der Waals surface area contributed by atoms with Crippen LogP contribution >= 0.6 is 0 Å². The minimum absolute atomic E-state index is 0.0599. The second-order valence-corrected chi connectivity index (χ2v) is 10.7. The van der Waals surface area contributed by atoms with Crippen LogP contribution in [-0.4, -0.2) is 41.7 Å². The average molecular weight is 518 g/mol. The quantitative estimate of drug-likeness (QED) is 0.327. The van der Waals surface area contributed by atoms with Crippen molar-refractivity contribution in [1.82, 2.24) is 14.6 Å². The predicted octanol–water partition coefficient (Wildman–Crippen LogP) is 3.28. The van der Waals surface area contributed by atoms with E-state index < -0.39 is 21.5 Å². The molecule has 2 aromatic carbocycles. The van der Waals surface area contributed by atoms with Gasteiger partial charge in [-0.2, -0.15) is 4.31 Å². The Morgan fingerprint density at radius 2 is 1.76 bits per heavy atom. The Hall–Kier alpha value is -4.00. The number of aromatic nitrogens is 1. The van der Waals surface area contributed by atoms with Crippen LogP contribution < -0.4 is 5.32 Å². The van der Waals surface area contributed by atoms with Gasteiger partial charge in [-0.1, -0.05) is 24.1 Å². The first-order valence-electron chi connectivity index (χ1n) is 11.8. The summed E-state index contributed by atoms with van der Waals surface area (Å²) in [6, 6.07) is 18.1. The van der Waals surface area contributed by atoms with Crippen molar-refractivity contribution < 1.29 is 22.7 Å². The molecule has 1 aliphatic carbocycles. The van der Waals surface area contributed by atoms with Crippen molar-refractivity contribution in [2.45, 2.75) is 43.3 Å². The van der Waals surface area contributed by atoms with E-state index in [1.807, 2.05) is 0 Å². The van der Waals surface area contributed by atoms with Gasteiger partial charge in [0.2, 0.25) is 10.0 Å². The summed E-state index contributed by atoms with van der Waals surface area (Å²) in [5.74, 6) is 1.67. The zero-order chi connectivity index (χ0) is 26.5. The minimum atomic E-state index is -3.89. The molecule has 37 heavy (non-hydrogen) atoms. The van der Waals surface area contributed by atoms with E-state index in [1.54, 1.807) is 67.7 Å². The van der Waals surface area contributed by atoms with Crippen LogP contribution in [0.25, 0.3) is 0 Å². The summed E-state index contributed by atoms with van der Waals surface area (Å²) in [6.07, 6.45) is 8.09. The van der Waals surface area contributed by atoms with Crippen molar-refractivity contribution in [3.63, 3.8) is 0 Å². The smallest absolute Gasteiger partial charge is 0.331 e. The number of pyridine rings is 1. The first-order chi connectivity index (χ1) is 17.8. The van der Waals surface area contributed by atoms with E-state index in [0.29, 0.717) is 35.2 Å². The molecule has 9 heteroatoms. The Bertz CT molecular complexity index is 1410. The molecule has 8 nitrogen and oxygen atoms in total. The molecular weight excluding hydrogens is 490 g/mol. The molecular formula is C28H27N3O5S. The fourth-order valence-corrected chi connectivity index (χ4v) is 5.20. The number of nitrogens with one attached hydrogen (secondary N) is 1. The number of amides is 1. The van der Waals surface area contributed by atoms with Gasteiger partial charge in [0, 0.05) is 23.9 Å². The maximum Gasteiger partial charge on any atom is 0.331 e. The molecule has 3 aromatic rings. The summed E-state index contributed by atoms with van der Waals surface area (Å²) in [4.78, 5) is 29.3. The summed E-state index contributed by atoms with van der Waals surface area (Å²) < 4.78 is 33.5. The minimum Gasteiger partial charge on any atom is -0.464 e. The van der Waals surface area contributed by atoms with Crippen LogP contribution in [0.5, 0.6) is 0 Å². The molecule has 0 atom stereocenters. The maximum absolute atomic E-state index is 13.5. The molecule has 0 radical (unpaired) electrons. The topological polar surface area (TPSA) is 106 Å². The number of hydrogen-bond acceptors (Lipinski definition) is 6. The van der Waals surface area contributed by atoms with Gasteiger partial charge in [0.05, 0.1) is 23.7 Å². The number of carbonyl (C=O) groups is 2. The summed E-state index contributed by atoms with van der Waals surface area (Å²) in [5.41, 5.74) is 1.27. The van der Waals surface area contributed by atoms with Gasteiger partial charge >= 0.3 is 5.97 Å². The standard InChI is InChI=1S/C28H27N3O5S/c1-3-21-10-14-25(15-11-21)37(34,35)31(20-24-7-5-6-18-29-24)19-22-8-12-23(13-9-22)26(32)30-28(16-17-28)27(33)36-4-2/h1,5-15,18H,4,16-17,19-20H2,2H3,(H,30,32). The van der Waals surface area contributed by atoms with Crippen molar-refractivity contribution in [3.8, 4) is 12.3 Å². The van der Waals surface area contributed by atoms with Gasteiger partial charge in [0.15, 0.2) is 0 Å². The molecule has 1 saturated carbocycles. The summed E-state index contributed by atoms with van der Waals surface area (Å²) >= 11 is 0. The van der Waals surface area contributed by atoms with E-state index in [1.165, 1.54) is 16.4 Å². The van der Waals surface area contributed by atoms with E-state index in [2.05, 4.69) is 16.2 Å². The second-order valence-electron chi connectivity index (χ2n) is 8.72. The number of hydrogen-bond donors (Lipinski definition) is 1. The number of benzene rings is 2. The lowest BCUT2D eigenvalue weighted by atomic mass is 10.1. The number of nitrogens with zero attached hydrogens (tertiary/aromatic N) is 2. The molecule has 0 saturated heterocycles. The number of ether oxygens (including phenoxy) is 1. The Balaban J connectivity index is 1.53. The third kappa shape index (κ3) is 6.05. The van der Waals surface area contributed by atoms with Crippen LogP contribution in [-0.2, 0) is 32.6 Å². The van der Waals surface area contributed by atoms with E-state index in [4.69, 9.17) is 11.2 Å². The molecule has 4 rings (SSSR count). The molecule has 0 aliphatic heterocycles. The Morgan fingerprint density at radius 1 is 1.05 bits per heavy atom. The summed E-state index contributed by atoms with van der Waals surface area (Å²) in [5, 5.41) is 2.77. The van der Waals surface area contributed by atoms with Gasteiger partial charge in [-0.3, -0.25) is 9.78 Å². The van der Waals surface area contributed by atoms with E-state index in [-0.39, 0.29) is 30.5 Å². The van der Waals surface area contributed by atoms with Crippen molar-refractivity contribution in [2.75, 3.05) is 6.61 Å². The lowest BCUT2D eigenvalue weighted by molar-refractivity contribution is -0.146. The van der Waals surface area contributed by atoms with E-state index in [0.717, 1.165) is 0 Å². The third-order valence-electron chi connectivity index (χ3n) is 6.07. The SMILES string of the molecule is C#Cc1ccc(S(=O)(=O)N(Cc2ccc(C(=O)NC3(C(=O)OCC)CC3)cc2)Cc2ccccn2)cc1. The molecule has 190 valence electrons. The predicted molar refractivity (Wildman–Crippen MR) is 138 cm³/mol. The molecule has 0 unspecified atom stereocenters. The summed E-state index contributed by atoms with van der Waals surface area (Å²) in [6.45, 7) is 2.09. The molecule has 1 fully saturated rings. The molecule has 1 aliphatic rings. The van der Waals surface area contributed by atoms with Crippen LogP contribution in [0, 0.1) is 12.3 Å². The largest absolute Gasteiger partial charge is 0.464 e. The number of terminal acetylenes is 1. The van der Waals surface area contributed by atoms with Gasteiger partial charge in [-0.25, -0.2) is 13.2 Å². The molecule has 1 N–H and O–H groups in total. The maximum atomic E-state index is 13.5. The molecule has 0 spiro atoms. The van der Waals surface area contributed by atoms with E-state index in [9.17, 15) is 18.0 Å². The monoisotopic (exact) mass is 517 g/mol. The zero-order valence-electron chi connectivity index (χ0n) is 20.4. The van der Waals surface area contributed by atoms with Gasteiger partial charge in [-0.05, 0) is 73.9 Å². The normalized spacial score (nSPS) is 14.0. The fraction of sp³-hybridized carbons (Fsp3) is 0.250. The van der Waals surface area contributed by atoms with Crippen molar-refractivity contribution in [1.29, 1.82) is 0 Å². The van der Waals surface area contributed by atoms with Gasteiger partial charge in [0.1, 0.15) is 5.54 Å². The second kappa shape index (κ2) is 10.9. The number of carbonyl (C=O) groups excluding carboxylic acids is 2. The molecule has 1 aromatic heterocycles. The van der Waals surface area contributed by atoms with Crippen LogP contribution in [0.3, 0.4) is 0 Å². The van der Waals surface area contributed by atoms with Crippen molar-refractivity contribution in [2.24, 2.45) is 0 Å². The molecule has 1 heterocycles. The Labute approximate surface area is 216 Å². The van der Waals surface area contributed by atoms with Gasteiger partial charge in [0.25, 0.3) is 5.91 Å². The lowest BCUT2D eigenvalue weighted by Crippen LogP contribution is -2.44. The van der Waals surface area contributed by atoms with Crippen LogP contribution in [0.2, 0.25) is 0 Å². The van der Waals surface area contributed by atoms with Gasteiger partial charge in [-0.15, -0.1) is 6.42 Å². The Morgan fingerprint density at radius 3 is 2.32 bits per heavy atom. The first kappa shape index (κ1) is 26.1. The average Bonchev–Trinajstić information content (AvgIpc) is 3.70. The van der Waals surface area contributed by atoms with Crippen LogP contribution in [0.4, 0.5) is 0 Å². The van der Waals surface area contributed by atoms with E-state index >= 15 is 0 Å². The third-order valence-corrected chi connectivity index (χ3v) is 7.87. The highest BCUT2D eigenvalue weighted by Crippen LogP contribution is 2.37. The summed E-state index contributed by atoms with van der Waals surface area (Å²) in [7, 11) is -3.89. The highest BCUT2D eigenvalue weighted by atomic mass is 32.2. The van der Waals surface area contributed by atoms with Crippen molar-refractivity contribution in [3.05, 3.63) is 95.3 Å². The van der Waals surface area contributed by atoms with Crippen molar-refractivity contribution >= 4 is 21.9 Å². The highest BCUT2D eigenvalue weighted by Gasteiger charge is 2.52. The number of esters is 1. The Kier molecular flexibility index (Phi) is 7.71. The zero-order valence-corrected chi connectivity index (χ0v) is 21.2. The number of rotatable bonds is 10.